The highest BCUT2D eigenvalue weighted by atomic mass is 35.5. The Morgan fingerprint density at radius 1 is 1.30 bits per heavy atom. The third-order valence-corrected chi connectivity index (χ3v) is 5.83. The van der Waals surface area contributed by atoms with Crippen molar-refractivity contribution >= 4 is 11.6 Å². The minimum absolute atomic E-state index is 0.306. The fourth-order valence-electron chi connectivity index (χ4n) is 4.03. The smallest absolute Gasteiger partial charge is 0.0847 e. The second-order valence-electron chi connectivity index (χ2n) is 6.52. The molecule has 3 rings (SSSR count). The summed E-state index contributed by atoms with van der Waals surface area (Å²) < 4.78 is 1.81. The fraction of sp³-hybridized carbons (Fsp3) is 0.800. The van der Waals surface area contributed by atoms with Gasteiger partial charge in [0.05, 0.1) is 22.5 Å². The Bertz CT molecular complexity index is 488. The molecule has 3 unspecified atom stereocenters. The fourth-order valence-corrected chi connectivity index (χ4v) is 4.27. The maximum Gasteiger partial charge on any atom is 0.0847 e. The third kappa shape index (κ3) is 2.38. The highest BCUT2D eigenvalue weighted by Gasteiger charge is 2.40. The lowest BCUT2D eigenvalue weighted by Crippen LogP contribution is -2.43. The number of hydrogen-bond acceptors (Lipinski definition) is 3. The Morgan fingerprint density at radius 3 is 2.40 bits per heavy atom. The van der Waals surface area contributed by atoms with E-state index in [0.29, 0.717) is 29.4 Å². The number of aliphatic hydroxyl groups excluding tert-OH is 1. The average molecular weight is 298 g/mol. The number of fused-ring (bicyclic) bond motifs is 2. The van der Waals surface area contributed by atoms with E-state index in [-0.39, 0.29) is 6.10 Å². The molecule has 3 heterocycles. The first-order valence-corrected chi connectivity index (χ1v) is 7.93. The van der Waals surface area contributed by atoms with Crippen molar-refractivity contribution in [3.8, 4) is 0 Å². The monoisotopic (exact) mass is 297 g/mol. The quantitative estimate of drug-likeness (QED) is 0.929. The van der Waals surface area contributed by atoms with Crippen LogP contribution in [0.15, 0.2) is 0 Å². The molecule has 0 saturated carbocycles. The lowest BCUT2D eigenvalue weighted by Gasteiger charge is -2.38. The molecule has 2 aliphatic rings. The number of aliphatic hydroxyl groups is 1. The van der Waals surface area contributed by atoms with Crippen molar-refractivity contribution in [3.05, 3.63) is 16.4 Å². The van der Waals surface area contributed by atoms with Gasteiger partial charge in [0.25, 0.3) is 0 Å². The molecule has 1 N–H and O–H groups in total. The highest BCUT2D eigenvalue weighted by molar-refractivity contribution is 6.31. The van der Waals surface area contributed by atoms with Crippen LogP contribution < -0.4 is 0 Å². The van der Waals surface area contributed by atoms with Gasteiger partial charge in [-0.3, -0.25) is 4.68 Å². The van der Waals surface area contributed by atoms with Crippen LogP contribution in [-0.2, 0) is 13.5 Å². The lowest BCUT2D eigenvalue weighted by atomic mass is 9.85. The second-order valence-corrected chi connectivity index (χ2v) is 6.90. The van der Waals surface area contributed by atoms with E-state index in [4.69, 9.17) is 11.6 Å². The van der Waals surface area contributed by atoms with Crippen molar-refractivity contribution < 1.29 is 5.11 Å². The van der Waals surface area contributed by atoms with Gasteiger partial charge in [0.1, 0.15) is 0 Å². The summed E-state index contributed by atoms with van der Waals surface area (Å²) in [6.45, 7) is 1.91. The number of piperidine rings is 1. The van der Waals surface area contributed by atoms with Gasteiger partial charge in [-0.2, -0.15) is 5.10 Å². The molecule has 3 atom stereocenters. The number of rotatable bonds is 3. The van der Waals surface area contributed by atoms with E-state index in [1.54, 1.807) is 0 Å². The lowest BCUT2D eigenvalue weighted by molar-refractivity contribution is 0.0358. The number of hydrogen-bond donors (Lipinski definition) is 1. The molecule has 112 valence electrons. The molecule has 5 heteroatoms. The Morgan fingerprint density at radius 2 is 1.90 bits per heavy atom. The summed E-state index contributed by atoms with van der Waals surface area (Å²) in [6, 6.07) is 1.33. The topological polar surface area (TPSA) is 41.3 Å². The van der Waals surface area contributed by atoms with Crippen molar-refractivity contribution in [1.82, 2.24) is 14.7 Å². The Balaban J connectivity index is 1.69. The van der Waals surface area contributed by atoms with Gasteiger partial charge in [-0.05, 0) is 45.6 Å². The predicted octanol–water partition coefficient (Wildman–Crippen LogP) is 2.16. The molecule has 20 heavy (non-hydrogen) atoms. The average Bonchev–Trinajstić information content (AvgIpc) is 2.76. The minimum Gasteiger partial charge on any atom is -0.392 e. The zero-order chi connectivity index (χ0) is 14.4. The number of halogens is 1. The third-order valence-electron chi connectivity index (χ3n) is 5.34. The molecular weight excluding hydrogens is 274 g/mol. The molecule has 4 nitrogen and oxygen atoms in total. The first kappa shape index (κ1) is 14.4. The Kier molecular flexibility index (Phi) is 3.82. The van der Waals surface area contributed by atoms with Crippen LogP contribution in [0.3, 0.4) is 0 Å². The van der Waals surface area contributed by atoms with Gasteiger partial charge in [0.2, 0.25) is 0 Å². The molecule has 1 aromatic heterocycles. The Labute approximate surface area is 125 Å². The highest BCUT2D eigenvalue weighted by Crippen LogP contribution is 2.39. The molecule has 2 fully saturated rings. The van der Waals surface area contributed by atoms with E-state index in [9.17, 15) is 5.11 Å². The first-order valence-electron chi connectivity index (χ1n) is 7.55. The molecule has 0 radical (unpaired) electrons. The standard InChI is InChI=1S/C15H24ClN3O/c1-9-15(16)13(19(3)17-9)8-14(20)10-6-11-4-5-12(7-10)18(11)2/h10-12,14,20H,4-8H2,1-3H3. The van der Waals surface area contributed by atoms with Gasteiger partial charge in [-0.25, -0.2) is 0 Å². The molecule has 0 spiro atoms. The maximum atomic E-state index is 10.6. The molecule has 2 aliphatic heterocycles. The minimum atomic E-state index is -0.306. The summed E-state index contributed by atoms with van der Waals surface area (Å²) in [7, 11) is 4.13. The van der Waals surface area contributed by atoms with Gasteiger partial charge in [0, 0.05) is 25.6 Å². The normalized spacial score (nSPS) is 31.8. The van der Waals surface area contributed by atoms with Crippen molar-refractivity contribution in [3.63, 3.8) is 0 Å². The van der Waals surface area contributed by atoms with E-state index < -0.39 is 0 Å². The summed E-state index contributed by atoms with van der Waals surface area (Å²) in [5.74, 6) is 0.398. The zero-order valence-corrected chi connectivity index (χ0v) is 13.3. The van der Waals surface area contributed by atoms with Crippen LogP contribution in [0.4, 0.5) is 0 Å². The van der Waals surface area contributed by atoms with Gasteiger partial charge in [-0.1, -0.05) is 11.6 Å². The van der Waals surface area contributed by atoms with Crippen LogP contribution in [0.25, 0.3) is 0 Å². The predicted molar refractivity (Wildman–Crippen MR) is 80.0 cm³/mol. The SMILES string of the molecule is Cc1nn(C)c(CC(O)C2CC3CCC(C2)N3C)c1Cl. The Hall–Kier alpha value is -0.580. The zero-order valence-electron chi connectivity index (χ0n) is 12.5. The molecule has 2 bridgehead atoms. The molecule has 0 aliphatic carbocycles. The first-order chi connectivity index (χ1) is 9.47. The number of aromatic nitrogens is 2. The van der Waals surface area contributed by atoms with E-state index in [2.05, 4.69) is 17.0 Å². The molecule has 0 amide bonds. The van der Waals surface area contributed by atoms with Crippen molar-refractivity contribution in [2.75, 3.05) is 7.05 Å². The van der Waals surface area contributed by atoms with Gasteiger partial charge >= 0.3 is 0 Å². The van der Waals surface area contributed by atoms with E-state index >= 15 is 0 Å². The molecule has 2 saturated heterocycles. The summed E-state index contributed by atoms with van der Waals surface area (Å²) in [5, 5.41) is 15.7. The van der Waals surface area contributed by atoms with Crippen LogP contribution in [-0.4, -0.2) is 45.0 Å². The van der Waals surface area contributed by atoms with Gasteiger partial charge in [-0.15, -0.1) is 0 Å². The molecule has 0 aromatic carbocycles. The van der Waals surface area contributed by atoms with E-state index in [1.807, 2.05) is 18.7 Å². The van der Waals surface area contributed by atoms with Gasteiger partial charge < -0.3 is 10.0 Å². The largest absolute Gasteiger partial charge is 0.392 e. The number of aryl methyl sites for hydroxylation is 2. The summed E-state index contributed by atoms with van der Waals surface area (Å²) in [6.07, 6.45) is 5.11. The maximum absolute atomic E-state index is 10.6. The molecule has 1 aromatic rings. The summed E-state index contributed by atoms with van der Waals surface area (Å²) in [4.78, 5) is 2.50. The van der Waals surface area contributed by atoms with Crippen LogP contribution >= 0.6 is 11.6 Å². The van der Waals surface area contributed by atoms with Crippen LogP contribution in [0.1, 0.15) is 37.1 Å². The summed E-state index contributed by atoms with van der Waals surface area (Å²) >= 11 is 6.29. The van der Waals surface area contributed by atoms with Crippen LogP contribution in [0.5, 0.6) is 0 Å². The van der Waals surface area contributed by atoms with Crippen LogP contribution in [0.2, 0.25) is 5.02 Å². The van der Waals surface area contributed by atoms with Crippen LogP contribution in [0, 0.1) is 12.8 Å². The van der Waals surface area contributed by atoms with Crippen molar-refractivity contribution in [2.24, 2.45) is 13.0 Å². The van der Waals surface area contributed by atoms with E-state index in [1.165, 1.54) is 12.8 Å². The second kappa shape index (κ2) is 5.32. The molecular formula is C15H24ClN3O. The van der Waals surface area contributed by atoms with Crippen molar-refractivity contribution in [2.45, 2.75) is 57.2 Å². The number of nitrogens with zero attached hydrogens (tertiary/aromatic N) is 3. The summed E-state index contributed by atoms with van der Waals surface area (Å²) in [5.41, 5.74) is 1.81. The van der Waals surface area contributed by atoms with Gasteiger partial charge in [0.15, 0.2) is 0 Å². The van der Waals surface area contributed by atoms with Crippen molar-refractivity contribution in [1.29, 1.82) is 0 Å². The van der Waals surface area contributed by atoms with E-state index in [0.717, 1.165) is 24.2 Å².